The first-order valence-corrected chi connectivity index (χ1v) is 9.91. The van der Waals surface area contributed by atoms with Crippen LogP contribution in [0, 0.1) is 6.92 Å². The molecule has 2 rings (SSSR count). The summed E-state index contributed by atoms with van der Waals surface area (Å²) in [6, 6.07) is 7.86. The van der Waals surface area contributed by atoms with Gasteiger partial charge in [0.15, 0.2) is 10.9 Å². The Morgan fingerprint density at radius 1 is 1.23 bits per heavy atom. The molecule has 2 aromatic rings. The minimum absolute atomic E-state index is 0.0480. The Balaban J connectivity index is 2.19. The van der Waals surface area contributed by atoms with Gasteiger partial charge < -0.3 is 9.73 Å². The van der Waals surface area contributed by atoms with E-state index < -0.39 is 15.9 Å². The van der Waals surface area contributed by atoms with Crippen LogP contribution in [0.3, 0.4) is 0 Å². The van der Waals surface area contributed by atoms with Crippen LogP contribution in [0.25, 0.3) is 0 Å². The van der Waals surface area contributed by atoms with Crippen LogP contribution in [-0.4, -0.2) is 36.8 Å². The van der Waals surface area contributed by atoms with E-state index in [0.717, 1.165) is 5.56 Å². The lowest BCUT2D eigenvalue weighted by atomic mass is 10.2. The maximum absolute atomic E-state index is 12.7. The van der Waals surface area contributed by atoms with Gasteiger partial charge in [-0.15, -0.1) is 0 Å². The predicted octanol–water partition coefficient (Wildman–Crippen LogP) is 2.75. The molecule has 0 fully saturated rings. The van der Waals surface area contributed by atoms with Crippen LogP contribution in [0.4, 0.5) is 5.69 Å². The first-order valence-electron chi connectivity index (χ1n) is 8.06. The highest BCUT2D eigenvalue weighted by atomic mass is 32.2. The number of anilines is 1. The highest BCUT2D eigenvalue weighted by Gasteiger charge is 2.22. The van der Waals surface area contributed by atoms with Gasteiger partial charge in [-0.1, -0.05) is 19.9 Å². The summed E-state index contributed by atoms with van der Waals surface area (Å²) < 4.78 is 31.7. The van der Waals surface area contributed by atoms with Crippen molar-refractivity contribution >= 4 is 38.9 Å². The van der Waals surface area contributed by atoms with Crippen LogP contribution in [-0.2, 0) is 10.0 Å². The smallest absolute Gasteiger partial charge is 0.293 e. The molecule has 1 heterocycles. The summed E-state index contributed by atoms with van der Waals surface area (Å²) in [6.07, 6.45) is 1.39. The van der Waals surface area contributed by atoms with Crippen molar-refractivity contribution in [2.75, 3.05) is 18.4 Å². The third kappa shape index (κ3) is 4.48. The van der Waals surface area contributed by atoms with Gasteiger partial charge in [0.05, 0.1) is 11.2 Å². The maximum atomic E-state index is 12.7. The molecule has 9 heteroatoms. The number of carbonyl (C=O) groups excluding carboxylic acids is 1. The molecule has 1 aromatic carbocycles. The van der Waals surface area contributed by atoms with E-state index in [1.165, 1.54) is 22.7 Å². The summed E-state index contributed by atoms with van der Waals surface area (Å²) in [7, 11) is -3.59. The number of thiocarbonyl (C=S) groups is 1. The normalized spacial score (nSPS) is 11.4. The maximum Gasteiger partial charge on any atom is 0.293 e. The van der Waals surface area contributed by atoms with E-state index in [0.29, 0.717) is 18.8 Å². The number of amides is 1. The van der Waals surface area contributed by atoms with Gasteiger partial charge >= 0.3 is 0 Å². The van der Waals surface area contributed by atoms with Crippen molar-refractivity contribution in [1.82, 2.24) is 9.62 Å². The molecule has 0 aliphatic rings. The molecule has 0 aliphatic carbocycles. The highest BCUT2D eigenvalue weighted by Crippen LogP contribution is 2.23. The average Bonchev–Trinajstić information content (AvgIpc) is 3.12. The molecule has 2 N–H and O–H groups in total. The third-order valence-electron chi connectivity index (χ3n) is 3.77. The van der Waals surface area contributed by atoms with Crippen molar-refractivity contribution in [2.45, 2.75) is 25.7 Å². The Hall–Kier alpha value is -2.23. The summed E-state index contributed by atoms with van der Waals surface area (Å²) in [6.45, 7) is 6.15. The Morgan fingerprint density at radius 2 is 1.92 bits per heavy atom. The Kier molecular flexibility index (Phi) is 6.52. The van der Waals surface area contributed by atoms with E-state index in [1.54, 1.807) is 32.0 Å². The largest absolute Gasteiger partial charge is 0.459 e. The average molecular weight is 396 g/mol. The van der Waals surface area contributed by atoms with Gasteiger partial charge in [-0.3, -0.25) is 10.1 Å². The molecule has 0 aliphatic heterocycles. The number of aryl methyl sites for hydroxylation is 1. The standard InChI is InChI=1S/C17H21N3O4S2/c1-4-20(5-2)26(22,23)13-9-8-12(3)14(11-13)18-17(25)19-16(21)15-7-6-10-24-15/h6-11H,4-5H2,1-3H3,(H2,18,19,21,25). The van der Waals surface area contributed by atoms with E-state index in [2.05, 4.69) is 10.6 Å². The Morgan fingerprint density at radius 3 is 2.50 bits per heavy atom. The second-order valence-electron chi connectivity index (χ2n) is 5.45. The van der Waals surface area contributed by atoms with Gasteiger partial charge in [-0.25, -0.2) is 8.42 Å². The molecule has 7 nitrogen and oxygen atoms in total. The quantitative estimate of drug-likeness (QED) is 0.731. The first-order chi connectivity index (χ1) is 12.3. The molecule has 1 amide bonds. The van der Waals surface area contributed by atoms with Crippen molar-refractivity contribution in [2.24, 2.45) is 0 Å². The number of benzene rings is 1. The molecular weight excluding hydrogens is 374 g/mol. The van der Waals surface area contributed by atoms with Crippen LogP contribution < -0.4 is 10.6 Å². The fourth-order valence-corrected chi connectivity index (χ4v) is 4.02. The third-order valence-corrected chi connectivity index (χ3v) is 6.02. The van der Waals surface area contributed by atoms with Crippen molar-refractivity contribution in [1.29, 1.82) is 0 Å². The molecular formula is C17H21N3O4S2. The van der Waals surface area contributed by atoms with Crippen LogP contribution in [0.1, 0.15) is 30.0 Å². The fourth-order valence-electron chi connectivity index (χ4n) is 2.33. The van der Waals surface area contributed by atoms with Gasteiger partial charge in [-0.2, -0.15) is 4.31 Å². The minimum Gasteiger partial charge on any atom is -0.459 e. The number of nitrogens with one attached hydrogen (secondary N) is 2. The molecule has 0 saturated carbocycles. The lowest BCUT2D eigenvalue weighted by Crippen LogP contribution is -2.34. The van der Waals surface area contributed by atoms with E-state index >= 15 is 0 Å². The monoisotopic (exact) mass is 395 g/mol. The van der Waals surface area contributed by atoms with Gasteiger partial charge in [0, 0.05) is 18.8 Å². The number of carbonyl (C=O) groups is 1. The summed E-state index contributed by atoms with van der Waals surface area (Å²) in [5.74, 6) is -0.360. The number of hydrogen-bond acceptors (Lipinski definition) is 5. The first kappa shape index (κ1) is 20.1. The van der Waals surface area contributed by atoms with Gasteiger partial charge in [0.1, 0.15) is 0 Å². The molecule has 1 aromatic heterocycles. The summed E-state index contributed by atoms with van der Waals surface area (Å²) in [5, 5.41) is 5.40. The Bertz CT molecular complexity index is 889. The van der Waals surface area contributed by atoms with Crippen LogP contribution in [0.15, 0.2) is 45.9 Å². The fraction of sp³-hybridized carbons (Fsp3) is 0.294. The number of sulfonamides is 1. The van der Waals surface area contributed by atoms with Crippen molar-refractivity contribution < 1.29 is 17.6 Å². The zero-order chi connectivity index (χ0) is 19.3. The molecule has 0 saturated heterocycles. The lowest BCUT2D eigenvalue weighted by molar-refractivity contribution is 0.0950. The second kappa shape index (κ2) is 8.43. The van der Waals surface area contributed by atoms with E-state index in [4.69, 9.17) is 16.6 Å². The van der Waals surface area contributed by atoms with Gasteiger partial charge in [0.2, 0.25) is 10.0 Å². The molecule has 0 bridgehead atoms. The van der Waals surface area contributed by atoms with Crippen molar-refractivity contribution in [3.8, 4) is 0 Å². The predicted molar refractivity (Wildman–Crippen MR) is 104 cm³/mol. The van der Waals surface area contributed by atoms with Gasteiger partial charge in [-0.05, 0) is 49.0 Å². The van der Waals surface area contributed by atoms with Crippen molar-refractivity contribution in [3.05, 3.63) is 47.9 Å². The van der Waals surface area contributed by atoms with Crippen LogP contribution in [0.5, 0.6) is 0 Å². The van der Waals surface area contributed by atoms with Crippen LogP contribution in [0.2, 0.25) is 0 Å². The zero-order valence-electron chi connectivity index (χ0n) is 14.8. The lowest BCUT2D eigenvalue weighted by Gasteiger charge is -2.19. The Labute approximate surface area is 158 Å². The molecule has 0 spiro atoms. The molecule has 0 unspecified atom stereocenters. The SMILES string of the molecule is CCN(CC)S(=O)(=O)c1ccc(C)c(NC(=S)NC(=O)c2ccco2)c1. The number of rotatable bonds is 6. The molecule has 26 heavy (non-hydrogen) atoms. The van der Waals surface area contributed by atoms with Crippen LogP contribution >= 0.6 is 12.2 Å². The highest BCUT2D eigenvalue weighted by molar-refractivity contribution is 7.89. The summed E-state index contributed by atoms with van der Waals surface area (Å²) in [5.41, 5.74) is 1.29. The molecule has 0 radical (unpaired) electrons. The van der Waals surface area contributed by atoms with E-state index in [-0.39, 0.29) is 15.8 Å². The second-order valence-corrected chi connectivity index (χ2v) is 7.80. The summed E-state index contributed by atoms with van der Waals surface area (Å²) in [4.78, 5) is 12.1. The van der Waals surface area contributed by atoms with E-state index in [9.17, 15) is 13.2 Å². The summed E-state index contributed by atoms with van der Waals surface area (Å²) >= 11 is 5.14. The number of furan rings is 1. The number of hydrogen-bond donors (Lipinski definition) is 2. The molecule has 0 atom stereocenters. The minimum atomic E-state index is -3.59. The van der Waals surface area contributed by atoms with Gasteiger partial charge in [0.25, 0.3) is 5.91 Å². The number of nitrogens with zero attached hydrogens (tertiary/aromatic N) is 1. The topological polar surface area (TPSA) is 91.7 Å². The van der Waals surface area contributed by atoms with E-state index in [1.807, 2.05) is 6.92 Å². The van der Waals surface area contributed by atoms with Crippen molar-refractivity contribution in [3.63, 3.8) is 0 Å². The molecule has 140 valence electrons. The zero-order valence-corrected chi connectivity index (χ0v) is 16.4.